The molecule has 0 aliphatic rings. The van der Waals surface area contributed by atoms with Crippen molar-refractivity contribution < 1.29 is 19.1 Å². The smallest absolute Gasteiger partial charge is 0.408 e. The van der Waals surface area contributed by atoms with Crippen molar-refractivity contribution in [2.24, 2.45) is 0 Å². The van der Waals surface area contributed by atoms with E-state index < -0.39 is 18.0 Å². The molecule has 0 bridgehead atoms. The summed E-state index contributed by atoms with van der Waals surface area (Å²) in [6, 6.07) is 25.2. The van der Waals surface area contributed by atoms with E-state index in [1.165, 1.54) is 11.3 Å². The quantitative estimate of drug-likeness (QED) is 0.270. The number of thiazole rings is 1. The molecule has 4 rings (SSSR count). The second kappa shape index (κ2) is 13.4. The maximum atomic E-state index is 13.3. The molecule has 2 N–H and O–H groups in total. The SMILES string of the molecule is CN(C)Cc1csc(NC(=O)[C@@H](NC(=O)OCc2ccccc2)c2ccc(OCc3ccccc3)cc2)n1. The van der Waals surface area contributed by atoms with Crippen LogP contribution in [0, 0.1) is 0 Å². The molecule has 1 aromatic heterocycles. The highest BCUT2D eigenvalue weighted by Gasteiger charge is 2.25. The Hall–Kier alpha value is -4.21. The lowest BCUT2D eigenvalue weighted by molar-refractivity contribution is -0.118. The summed E-state index contributed by atoms with van der Waals surface area (Å²) in [5, 5.41) is 7.87. The molecule has 4 aromatic rings. The number of ether oxygens (including phenoxy) is 2. The average Bonchev–Trinajstić information content (AvgIpc) is 3.36. The van der Waals surface area contributed by atoms with Crippen molar-refractivity contribution in [3.63, 3.8) is 0 Å². The topological polar surface area (TPSA) is 92.8 Å². The molecule has 8 nitrogen and oxygen atoms in total. The van der Waals surface area contributed by atoms with Crippen LogP contribution >= 0.6 is 11.3 Å². The van der Waals surface area contributed by atoms with Gasteiger partial charge in [0.2, 0.25) is 0 Å². The van der Waals surface area contributed by atoms with E-state index in [-0.39, 0.29) is 6.61 Å². The summed E-state index contributed by atoms with van der Waals surface area (Å²) in [6.07, 6.45) is -0.703. The fourth-order valence-electron chi connectivity index (χ4n) is 3.62. The molecule has 3 aromatic carbocycles. The van der Waals surface area contributed by atoms with Crippen molar-refractivity contribution in [1.29, 1.82) is 0 Å². The highest BCUT2D eigenvalue weighted by Crippen LogP contribution is 2.23. The first-order valence-electron chi connectivity index (χ1n) is 12.1. The third-order valence-corrected chi connectivity index (χ3v) is 6.27. The number of carbonyl (C=O) groups is 2. The summed E-state index contributed by atoms with van der Waals surface area (Å²) in [5.74, 6) is 0.224. The van der Waals surface area contributed by atoms with Gasteiger partial charge in [0.15, 0.2) is 5.13 Å². The molecule has 9 heteroatoms. The molecule has 0 saturated carbocycles. The lowest BCUT2D eigenvalue weighted by Crippen LogP contribution is -2.37. The van der Waals surface area contributed by atoms with Crippen LogP contribution in [-0.4, -0.2) is 36.0 Å². The first-order valence-corrected chi connectivity index (χ1v) is 13.0. The van der Waals surface area contributed by atoms with Gasteiger partial charge in [-0.2, -0.15) is 0 Å². The van der Waals surface area contributed by atoms with Gasteiger partial charge in [0.25, 0.3) is 5.91 Å². The normalized spacial score (nSPS) is 11.6. The number of hydrogen-bond acceptors (Lipinski definition) is 7. The van der Waals surface area contributed by atoms with Gasteiger partial charge in [0.05, 0.1) is 5.69 Å². The highest BCUT2D eigenvalue weighted by molar-refractivity contribution is 7.13. The molecule has 38 heavy (non-hydrogen) atoms. The zero-order chi connectivity index (χ0) is 26.7. The molecule has 1 heterocycles. The Morgan fingerprint density at radius 3 is 2.16 bits per heavy atom. The molecule has 0 fully saturated rings. The van der Waals surface area contributed by atoms with Gasteiger partial charge in [-0.05, 0) is 42.9 Å². The molecular weight excluding hydrogens is 500 g/mol. The zero-order valence-electron chi connectivity index (χ0n) is 21.3. The third-order valence-electron chi connectivity index (χ3n) is 5.46. The zero-order valence-corrected chi connectivity index (χ0v) is 22.1. The van der Waals surface area contributed by atoms with Crippen molar-refractivity contribution in [3.05, 3.63) is 113 Å². The van der Waals surface area contributed by atoms with Crippen molar-refractivity contribution in [2.75, 3.05) is 19.4 Å². The fraction of sp³-hybridized carbons (Fsp3) is 0.207. The van der Waals surface area contributed by atoms with Crippen LogP contribution < -0.4 is 15.4 Å². The van der Waals surface area contributed by atoms with Crippen LogP contribution in [0.15, 0.2) is 90.3 Å². The molecule has 0 radical (unpaired) electrons. The third kappa shape index (κ3) is 8.16. The number of aromatic nitrogens is 1. The second-order valence-electron chi connectivity index (χ2n) is 8.85. The first-order chi connectivity index (χ1) is 18.5. The Morgan fingerprint density at radius 2 is 1.53 bits per heavy atom. The van der Waals surface area contributed by atoms with Gasteiger partial charge >= 0.3 is 6.09 Å². The van der Waals surface area contributed by atoms with E-state index in [1.807, 2.05) is 85.0 Å². The van der Waals surface area contributed by atoms with E-state index in [2.05, 4.69) is 15.6 Å². The molecule has 0 spiro atoms. The van der Waals surface area contributed by atoms with Gasteiger partial charge in [-0.15, -0.1) is 11.3 Å². The van der Waals surface area contributed by atoms with Crippen LogP contribution in [0.25, 0.3) is 0 Å². The maximum Gasteiger partial charge on any atom is 0.408 e. The minimum atomic E-state index is -0.998. The van der Waals surface area contributed by atoms with Gasteiger partial charge in [-0.3, -0.25) is 10.1 Å². The number of nitrogens with zero attached hydrogens (tertiary/aromatic N) is 2. The summed E-state index contributed by atoms with van der Waals surface area (Å²) in [7, 11) is 3.90. The summed E-state index contributed by atoms with van der Waals surface area (Å²) in [4.78, 5) is 32.4. The number of benzene rings is 3. The maximum absolute atomic E-state index is 13.3. The van der Waals surface area contributed by atoms with E-state index in [9.17, 15) is 9.59 Å². The van der Waals surface area contributed by atoms with Crippen LogP contribution in [0.4, 0.5) is 9.93 Å². The molecule has 2 amide bonds. The first kappa shape index (κ1) is 26.8. The molecule has 1 atom stereocenters. The van der Waals surface area contributed by atoms with E-state index in [1.54, 1.807) is 24.3 Å². The second-order valence-corrected chi connectivity index (χ2v) is 9.71. The fourth-order valence-corrected chi connectivity index (χ4v) is 4.32. The van der Waals surface area contributed by atoms with Crippen molar-refractivity contribution >= 4 is 28.5 Å². The van der Waals surface area contributed by atoms with Crippen LogP contribution in [0.5, 0.6) is 5.75 Å². The molecule has 0 aliphatic heterocycles. The largest absolute Gasteiger partial charge is 0.489 e. The van der Waals surface area contributed by atoms with E-state index in [0.29, 0.717) is 29.6 Å². The van der Waals surface area contributed by atoms with Gasteiger partial charge < -0.3 is 19.7 Å². The van der Waals surface area contributed by atoms with Crippen molar-refractivity contribution in [2.45, 2.75) is 25.8 Å². The summed E-state index contributed by atoms with van der Waals surface area (Å²) in [5.41, 5.74) is 3.33. The highest BCUT2D eigenvalue weighted by atomic mass is 32.1. The van der Waals surface area contributed by atoms with Gasteiger partial charge in [0, 0.05) is 11.9 Å². The number of nitrogens with one attached hydrogen (secondary N) is 2. The predicted octanol–water partition coefficient (Wildman–Crippen LogP) is 5.39. The van der Waals surface area contributed by atoms with E-state index in [4.69, 9.17) is 9.47 Å². The number of hydrogen-bond donors (Lipinski definition) is 2. The average molecular weight is 531 g/mol. The Bertz CT molecular complexity index is 1310. The number of alkyl carbamates (subject to hydrolysis) is 1. The molecule has 196 valence electrons. The Balaban J connectivity index is 1.45. The van der Waals surface area contributed by atoms with Gasteiger partial charge in [-0.1, -0.05) is 72.8 Å². The Morgan fingerprint density at radius 1 is 0.895 bits per heavy atom. The summed E-state index contributed by atoms with van der Waals surface area (Å²) < 4.78 is 11.2. The Labute approximate surface area is 226 Å². The number of amides is 2. The molecule has 0 unspecified atom stereocenters. The van der Waals surface area contributed by atoms with Gasteiger partial charge in [-0.25, -0.2) is 9.78 Å². The monoisotopic (exact) mass is 530 g/mol. The number of rotatable bonds is 11. The van der Waals surface area contributed by atoms with E-state index >= 15 is 0 Å². The lowest BCUT2D eigenvalue weighted by atomic mass is 10.1. The van der Waals surface area contributed by atoms with Crippen LogP contribution in [0.2, 0.25) is 0 Å². The summed E-state index contributed by atoms with van der Waals surface area (Å²) >= 11 is 1.33. The van der Waals surface area contributed by atoms with E-state index in [0.717, 1.165) is 16.8 Å². The molecule has 0 aliphatic carbocycles. The minimum absolute atomic E-state index is 0.0909. The standard InChI is InChI=1S/C29H30N4O4S/c1-33(2)17-24-20-38-28(30-24)32-27(34)26(31-29(35)37-19-22-11-7-4-8-12-22)23-13-15-25(16-14-23)36-18-21-9-5-3-6-10-21/h3-16,20,26H,17-19H2,1-2H3,(H,31,35)(H,30,32,34)/t26-/m0/s1. The van der Waals surface area contributed by atoms with Crippen LogP contribution in [-0.2, 0) is 29.3 Å². The van der Waals surface area contributed by atoms with Crippen molar-refractivity contribution in [1.82, 2.24) is 15.2 Å². The molecule has 0 saturated heterocycles. The molecular formula is C29H30N4O4S. The van der Waals surface area contributed by atoms with Crippen molar-refractivity contribution in [3.8, 4) is 5.75 Å². The predicted molar refractivity (Wildman–Crippen MR) is 148 cm³/mol. The lowest BCUT2D eigenvalue weighted by Gasteiger charge is -2.18. The minimum Gasteiger partial charge on any atom is -0.489 e. The van der Waals surface area contributed by atoms with Crippen LogP contribution in [0.1, 0.15) is 28.4 Å². The number of anilines is 1. The van der Waals surface area contributed by atoms with Crippen LogP contribution in [0.3, 0.4) is 0 Å². The summed E-state index contributed by atoms with van der Waals surface area (Å²) in [6.45, 7) is 1.17. The van der Waals surface area contributed by atoms with Gasteiger partial charge in [0.1, 0.15) is 25.0 Å². The Kier molecular flexibility index (Phi) is 9.44. The number of carbonyl (C=O) groups excluding carboxylic acids is 2.